The molecule has 0 saturated carbocycles. The predicted molar refractivity (Wildman–Crippen MR) is 113 cm³/mol. The highest BCUT2D eigenvalue weighted by Crippen LogP contribution is 2.21. The van der Waals surface area contributed by atoms with Crippen molar-refractivity contribution in [1.29, 1.82) is 0 Å². The summed E-state index contributed by atoms with van der Waals surface area (Å²) in [5.74, 6) is 0.346. The zero-order valence-electron chi connectivity index (χ0n) is 15.8. The lowest BCUT2D eigenvalue weighted by molar-refractivity contribution is -0.121. The van der Waals surface area contributed by atoms with Crippen molar-refractivity contribution in [2.75, 3.05) is 23.8 Å². The topological polar surface area (TPSA) is 79.5 Å². The Balaban J connectivity index is 0.00000280. The van der Waals surface area contributed by atoms with E-state index < -0.39 is 0 Å². The molecule has 7 heteroatoms. The molecule has 2 atom stereocenters. The van der Waals surface area contributed by atoms with Gasteiger partial charge in [-0.2, -0.15) is 0 Å². The Kier molecular flexibility index (Phi) is 8.29. The van der Waals surface area contributed by atoms with E-state index in [1.807, 2.05) is 36.4 Å². The molecule has 1 aliphatic rings. The van der Waals surface area contributed by atoms with Crippen LogP contribution >= 0.6 is 12.4 Å². The maximum atomic E-state index is 12.4. The van der Waals surface area contributed by atoms with Gasteiger partial charge in [0.05, 0.1) is 0 Å². The van der Waals surface area contributed by atoms with Gasteiger partial charge in [-0.3, -0.25) is 9.59 Å². The van der Waals surface area contributed by atoms with Gasteiger partial charge in [0.1, 0.15) is 5.75 Å². The van der Waals surface area contributed by atoms with Crippen LogP contribution in [0.4, 0.5) is 11.4 Å². The van der Waals surface area contributed by atoms with E-state index in [4.69, 9.17) is 4.74 Å². The highest BCUT2D eigenvalue weighted by molar-refractivity contribution is 5.93. The Labute approximate surface area is 171 Å². The van der Waals surface area contributed by atoms with Crippen molar-refractivity contribution in [1.82, 2.24) is 5.32 Å². The van der Waals surface area contributed by atoms with Gasteiger partial charge in [-0.05, 0) is 50.6 Å². The minimum atomic E-state index is -0.237. The minimum absolute atomic E-state index is 0. The molecule has 6 nitrogen and oxygen atoms in total. The number of ether oxygens (including phenoxy) is 1. The van der Waals surface area contributed by atoms with Gasteiger partial charge in [-0.1, -0.05) is 24.3 Å². The fraction of sp³-hybridized carbons (Fsp3) is 0.333. The summed E-state index contributed by atoms with van der Waals surface area (Å²) in [5, 5.41) is 9.07. The van der Waals surface area contributed by atoms with Crippen LogP contribution in [-0.2, 0) is 9.59 Å². The molecule has 1 heterocycles. The highest BCUT2D eigenvalue weighted by Gasteiger charge is 2.24. The largest absolute Gasteiger partial charge is 0.484 e. The average molecular weight is 404 g/mol. The van der Waals surface area contributed by atoms with E-state index in [2.05, 4.69) is 22.9 Å². The first-order valence-electron chi connectivity index (χ1n) is 9.22. The van der Waals surface area contributed by atoms with Crippen LogP contribution in [0.25, 0.3) is 0 Å². The number of nitrogens with one attached hydrogen (secondary N) is 3. The summed E-state index contributed by atoms with van der Waals surface area (Å²) in [6.45, 7) is 2.85. The highest BCUT2D eigenvalue weighted by atomic mass is 35.5. The molecule has 3 N–H and O–H groups in total. The average Bonchev–Trinajstić information content (AvgIpc) is 2.67. The second-order valence-corrected chi connectivity index (χ2v) is 6.80. The Bertz CT molecular complexity index is 785. The number of para-hydroxylation sites is 1. The van der Waals surface area contributed by atoms with E-state index in [1.165, 1.54) is 0 Å². The number of anilines is 2. The summed E-state index contributed by atoms with van der Waals surface area (Å²) in [6, 6.07) is 16.7. The first kappa shape index (κ1) is 21.7. The van der Waals surface area contributed by atoms with Crippen LogP contribution in [0.15, 0.2) is 54.6 Å². The molecular weight excluding hydrogens is 378 g/mol. The summed E-state index contributed by atoms with van der Waals surface area (Å²) in [7, 11) is 0. The van der Waals surface area contributed by atoms with Gasteiger partial charge in [-0.15, -0.1) is 12.4 Å². The molecule has 2 aromatic carbocycles. The van der Waals surface area contributed by atoms with Crippen LogP contribution in [0.1, 0.15) is 19.8 Å². The van der Waals surface area contributed by atoms with Crippen LogP contribution in [0.3, 0.4) is 0 Å². The van der Waals surface area contributed by atoms with Crippen molar-refractivity contribution in [3.63, 3.8) is 0 Å². The molecular formula is C21H26ClN3O3. The lowest BCUT2D eigenvalue weighted by Gasteiger charge is -2.27. The number of amides is 2. The number of piperidine rings is 1. The van der Waals surface area contributed by atoms with Gasteiger partial charge in [0.15, 0.2) is 6.61 Å². The summed E-state index contributed by atoms with van der Waals surface area (Å²) in [5.41, 5.74) is 1.40. The number of carbonyl (C=O) groups is 2. The predicted octanol–water partition coefficient (Wildman–Crippen LogP) is 3.45. The first-order valence-corrected chi connectivity index (χ1v) is 9.22. The molecule has 0 bridgehead atoms. The maximum Gasteiger partial charge on any atom is 0.262 e. The van der Waals surface area contributed by atoms with Crippen LogP contribution in [-0.4, -0.2) is 31.0 Å². The number of halogens is 1. The first-order chi connectivity index (χ1) is 13.1. The number of hydrogen-bond donors (Lipinski definition) is 3. The van der Waals surface area contributed by atoms with Crippen LogP contribution < -0.4 is 20.7 Å². The second kappa shape index (κ2) is 10.7. The number of hydrogen-bond acceptors (Lipinski definition) is 4. The zero-order chi connectivity index (χ0) is 19.1. The zero-order valence-corrected chi connectivity index (χ0v) is 16.6. The molecule has 0 radical (unpaired) electrons. The van der Waals surface area contributed by atoms with Crippen molar-refractivity contribution in [2.24, 2.45) is 5.92 Å². The second-order valence-electron chi connectivity index (χ2n) is 6.80. The third-order valence-electron chi connectivity index (χ3n) is 4.52. The standard InChI is InChI=1S/C21H25N3O3.ClH/c1-15-12-16(10-11-22-15)21(26)24-18-8-5-9-19(13-18)27-14-20(25)23-17-6-3-2-4-7-17;/h2-9,13,15-16,22H,10-12,14H2,1H3,(H,23,25)(H,24,26);1H/t15-,16-;/m0./s1. The van der Waals surface area contributed by atoms with E-state index in [0.717, 1.165) is 25.1 Å². The fourth-order valence-electron chi connectivity index (χ4n) is 3.15. The molecule has 150 valence electrons. The molecule has 1 aliphatic heterocycles. The lowest BCUT2D eigenvalue weighted by atomic mass is 9.92. The van der Waals surface area contributed by atoms with Gasteiger partial charge in [0.2, 0.25) is 5.91 Å². The Morgan fingerprint density at radius 3 is 2.57 bits per heavy atom. The molecule has 2 aromatic rings. The molecule has 0 unspecified atom stereocenters. The van der Waals surface area contributed by atoms with Gasteiger partial charge in [0.25, 0.3) is 5.91 Å². The molecule has 0 aliphatic carbocycles. The third-order valence-corrected chi connectivity index (χ3v) is 4.52. The van der Waals surface area contributed by atoms with E-state index in [1.54, 1.807) is 18.2 Å². The summed E-state index contributed by atoms with van der Waals surface area (Å²) in [6.07, 6.45) is 1.67. The Morgan fingerprint density at radius 2 is 1.82 bits per heavy atom. The minimum Gasteiger partial charge on any atom is -0.484 e. The molecule has 0 spiro atoms. The molecule has 3 rings (SSSR count). The Hall–Kier alpha value is -2.57. The van der Waals surface area contributed by atoms with Gasteiger partial charge < -0.3 is 20.7 Å². The van der Waals surface area contributed by atoms with Gasteiger partial charge >= 0.3 is 0 Å². The smallest absolute Gasteiger partial charge is 0.262 e. The number of benzene rings is 2. The van der Waals surface area contributed by atoms with Gasteiger partial charge in [-0.25, -0.2) is 0 Å². The van der Waals surface area contributed by atoms with Gasteiger partial charge in [0, 0.05) is 29.4 Å². The number of rotatable bonds is 6. The van der Waals surface area contributed by atoms with Crippen molar-refractivity contribution < 1.29 is 14.3 Å². The maximum absolute atomic E-state index is 12.4. The van der Waals surface area contributed by atoms with Crippen molar-refractivity contribution in [3.05, 3.63) is 54.6 Å². The summed E-state index contributed by atoms with van der Waals surface area (Å²) < 4.78 is 5.55. The van der Waals surface area contributed by atoms with Crippen molar-refractivity contribution >= 4 is 35.6 Å². The van der Waals surface area contributed by atoms with Crippen LogP contribution in [0.5, 0.6) is 5.75 Å². The molecule has 28 heavy (non-hydrogen) atoms. The van der Waals surface area contributed by atoms with Crippen LogP contribution in [0.2, 0.25) is 0 Å². The lowest BCUT2D eigenvalue weighted by Crippen LogP contribution is -2.40. The monoisotopic (exact) mass is 403 g/mol. The van der Waals surface area contributed by atoms with Crippen molar-refractivity contribution in [2.45, 2.75) is 25.8 Å². The summed E-state index contributed by atoms with van der Waals surface area (Å²) in [4.78, 5) is 24.4. The number of carbonyl (C=O) groups excluding carboxylic acids is 2. The summed E-state index contributed by atoms with van der Waals surface area (Å²) >= 11 is 0. The molecule has 2 amide bonds. The molecule has 1 fully saturated rings. The van der Waals surface area contributed by atoms with E-state index in [-0.39, 0.29) is 36.7 Å². The Morgan fingerprint density at radius 1 is 1.07 bits per heavy atom. The van der Waals surface area contributed by atoms with Crippen LogP contribution in [0, 0.1) is 5.92 Å². The fourth-order valence-corrected chi connectivity index (χ4v) is 3.15. The van der Waals surface area contributed by atoms with E-state index in [0.29, 0.717) is 17.5 Å². The molecule has 1 saturated heterocycles. The van der Waals surface area contributed by atoms with Crippen molar-refractivity contribution in [3.8, 4) is 5.75 Å². The van der Waals surface area contributed by atoms with E-state index in [9.17, 15) is 9.59 Å². The SMILES string of the molecule is C[C@H]1C[C@@H](C(=O)Nc2cccc(OCC(=O)Nc3ccccc3)c2)CCN1.Cl. The quantitative estimate of drug-likeness (QED) is 0.690. The normalized spacial score (nSPS) is 18.5. The van der Waals surface area contributed by atoms with E-state index >= 15 is 0 Å². The molecule has 0 aromatic heterocycles. The third kappa shape index (κ3) is 6.55.